The average molecular weight is 438 g/mol. The summed E-state index contributed by atoms with van der Waals surface area (Å²) >= 11 is 1.56. The van der Waals surface area contributed by atoms with Crippen molar-refractivity contribution in [2.24, 2.45) is 0 Å². The summed E-state index contributed by atoms with van der Waals surface area (Å²) in [6, 6.07) is 8.61. The smallest absolute Gasteiger partial charge is 0.167 e. The van der Waals surface area contributed by atoms with Crippen LogP contribution < -0.4 is 10.1 Å². The fourth-order valence-electron chi connectivity index (χ4n) is 3.85. The third-order valence-corrected chi connectivity index (χ3v) is 6.74. The number of aromatic nitrogens is 3. The number of rotatable bonds is 7. The number of fused-ring (bicyclic) bond motifs is 1. The Morgan fingerprint density at radius 2 is 1.97 bits per heavy atom. The molecule has 0 saturated carbocycles. The number of benzene rings is 1. The molecule has 0 atom stereocenters. The van der Waals surface area contributed by atoms with E-state index in [0.717, 1.165) is 33.9 Å². The van der Waals surface area contributed by atoms with E-state index in [0.29, 0.717) is 11.4 Å². The van der Waals surface area contributed by atoms with E-state index in [1.807, 2.05) is 12.4 Å². The van der Waals surface area contributed by atoms with Gasteiger partial charge in [0.1, 0.15) is 5.75 Å². The summed E-state index contributed by atoms with van der Waals surface area (Å²) in [4.78, 5) is 12.6. The Morgan fingerprint density at radius 3 is 2.77 bits per heavy atom. The number of ether oxygens (including phenoxy) is 1. The highest BCUT2D eigenvalue weighted by atomic mass is 32.1. The topological polar surface area (TPSA) is 55.2 Å². The van der Waals surface area contributed by atoms with Gasteiger partial charge in [0.15, 0.2) is 11.6 Å². The lowest BCUT2D eigenvalue weighted by Crippen LogP contribution is -2.23. The first-order valence-electron chi connectivity index (χ1n) is 10.5. The van der Waals surface area contributed by atoms with Crippen LogP contribution in [0.1, 0.15) is 12.8 Å². The standard InChI is InChI=1S/C23H24FN5OS/c1-25-16-4-5-20(17(24)12-16)30-21-6-7-26-18-13-22(31-23(18)21)19-14-29(15-27-19)11-10-28-8-2-3-9-28/h4-7,12-15,25H,2-3,8-11H2,1H3. The molecule has 3 aromatic heterocycles. The monoisotopic (exact) mass is 437 g/mol. The summed E-state index contributed by atoms with van der Waals surface area (Å²) in [5.74, 6) is 0.365. The van der Waals surface area contributed by atoms with Gasteiger partial charge in [0, 0.05) is 50.4 Å². The summed E-state index contributed by atoms with van der Waals surface area (Å²) in [6.07, 6.45) is 8.26. The van der Waals surface area contributed by atoms with Crippen molar-refractivity contribution in [2.45, 2.75) is 19.4 Å². The molecule has 1 saturated heterocycles. The van der Waals surface area contributed by atoms with E-state index >= 15 is 0 Å². The third-order valence-electron chi connectivity index (χ3n) is 5.58. The highest BCUT2D eigenvalue weighted by molar-refractivity contribution is 7.22. The van der Waals surface area contributed by atoms with Gasteiger partial charge in [-0.2, -0.15) is 0 Å². The van der Waals surface area contributed by atoms with Crippen LogP contribution in [0.2, 0.25) is 0 Å². The molecule has 1 aliphatic heterocycles. The number of anilines is 1. The molecule has 1 N–H and O–H groups in total. The van der Waals surface area contributed by atoms with Crippen LogP contribution in [0.4, 0.5) is 10.1 Å². The second-order valence-electron chi connectivity index (χ2n) is 7.68. The van der Waals surface area contributed by atoms with Crippen LogP contribution in [0.3, 0.4) is 0 Å². The van der Waals surface area contributed by atoms with E-state index in [1.165, 1.54) is 32.0 Å². The van der Waals surface area contributed by atoms with Gasteiger partial charge in [0.25, 0.3) is 0 Å². The molecule has 4 aromatic rings. The molecule has 6 nitrogen and oxygen atoms in total. The molecule has 0 unspecified atom stereocenters. The first-order chi connectivity index (χ1) is 15.2. The zero-order valence-corrected chi connectivity index (χ0v) is 18.2. The lowest BCUT2D eigenvalue weighted by molar-refractivity contribution is 0.322. The molecule has 0 aliphatic carbocycles. The number of halogens is 1. The number of pyridine rings is 1. The Morgan fingerprint density at radius 1 is 1.10 bits per heavy atom. The predicted molar refractivity (Wildman–Crippen MR) is 123 cm³/mol. The minimum atomic E-state index is -0.412. The lowest BCUT2D eigenvalue weighted by Gasteiger charge is -2.14. The highest BCUT2D eigenvalue weighted by Crippen LogP contribution is 2.39. The van der Waals surface area contributed by atoms with Crippen molar-refractivity contribution in [1.82, 2.24) is 19.4 Å². The van der Waals surface area contributed by atoms with Crippen LogP contribution in [0.25, 0.3) is 20.8 Å². The zero-order valence-electron chi connectivity index (χ0n) is 17.3. The normalized spacial score (nSPS) is 14.4. The van der Waals surface area contributed by atoms with Crippen molar-refractivity contribution in [3.05, 3.63) is 54.9 Å². The maximum absolute atomic E-state index is 14.4. The molecule has 1 fully saturated rings. The molecule has 0 amide bonds. The molecule has 160 valence electrons. The highest BCUT2D eigenvalue weighted by Gasteiger charge is 2.15. The van der Waals surface area contributed by atoms with E-state index in [9.17, 15) is 4.39 Å². The number of imidazole rings is 1. The first kappa shape index (κ1) is 20.0. The number of nitrogens with zero attached hydrogens (tertiary/aromatic N) is 4. The SMILES string of the molecule is CNc1ccc(Oc2ccnc3cc(-c4cn(CCN5CCCC5)cn4)sc23)c(F)c1. The Labute approximate surface area is 184 Å². The van der Waals surface area contributed by atoms with Gasteiger partial charge in [-0.3, -0.25) is 4.98 Å². The number of likely N-dealkylation sites (tertiary alicyclic amines) is 1. The number of thiophene rings is 1. The summed E-state index contributed by atoms with van der Waals surface area (Å²) in [6.45, 7) is 4.39. The lowest BCUT2D eigenvalue weighted by atomic mass is 10.3. The first-order valence-corrected chi connectivity index (χ1v) is 11.3. The van der Waals surface area contributed by atoms with Crippen LogP contribution in [0, 0.1) is 5.82 Å². The van der Waals surface area contributed by atoms with E-state index in [1.54, 1.807) is 42.8 Å². The van der Waals surface area contributed by atoms with Gasteiger partial charge in [-0.15, -0.1) is 11.3 Å². The second kappa shape index (κ2) is 8.64. The Kier molecular flexibility index (Phi) is 5.57. The van der Waals surface area contributed by atoms with Crippen LogP contribution in [-0.2, 0) is 6.54 Å². The van der Waals surface area contributed by atoms with E-state index in [4.69, 9.17) is 4.74 Å². The Hall–Kier alpha value is -2.97. The Balaban J connectivity index is 1.37. The second-order valence-corrected chi connectivity index (χ2v) is 8.73. The fraction of sp³-hybridized carbons (Fsp3) is 0.304. The molecule has 31 heavy (non-hydrogen) atoms. The summed E-state index contributed by atoms with van der Waals surface area (Å²) in [5, 5.41) is 2.92. The number of nitrogens with one attached hydrogen (secondary N) is 1. The van der Waals surface area contributed by atoms with Crippen LogP contribution >= 0.6 is 11.3 Å². The van der Waals surface area contributed by atoms with Crippen LogP contribution in [0.5, 0.6) is 11.5 Å². The van der Waals surface area contributed by atoms with Gasteiger partial charge < -0.3 is 19.5 Å². The van der Waals surface area contributed by atoms with Gasteiger partial charge in [-0.25, -0.2) is 9.37 Å². The third kappa shape index (κ3) is 4.26. The zero-order chi connectivity index (χ0) is 21.2. The Bertz CT molecular complexity index is 1200. The summed E-state index contributed by atoms with van der Waals surface area (Å²) in [7, 11) is 1.75. The average Bonchev–Trinajstić information content (AvgIpc) is 3.53. The minimum absolute atomic E-state index is 0.188. The summed E-state index contributed by atoms with van der Waals surface area (Å²) < 4.78 is 23.3. The largest absolute Gasteiger partial charge is 0.453 e. The predicted octanol–water partition coefficient (Wildman–Crippen LogP) is 5.23. The molecule has 0 spiro atoms. The van der Waals surface area contributed by atoms with Crippen molar-refractivity contribution in [3.63, 3.8) is 0 Å². The number of hydrogen-bond acceptors (Lipinski definition) is 6. The van der Waals surface area contributed by atoms with Gasteiger partial charge in [0.05, 0.1) is 27.1 Å². The minimum Gasteiger partial charge on any atom is -0.453 e. The summed E-state index contributed by atoms with van der Waals surface area (Å²) in [5.41, 5.74) is 2.43. The van der Waals surface area contributed by atoms with Crippen molar-refractivity contribution in [3.8, 4) is 22.1 Å². The molecule has 0 bridgehead atoms. The molecule has 1 aromatic carbocycles. The van der Waals surface area contributed by atoms with Gasteiger partial charge in [-0.05, 0) is 44.1 Å². The number of hydrogen-bond donors (Lipinski definition) is 1. The molecule has 8 heteroatoms. The maximum atomic E-state index is 14.4. The van der Waals surface area contributed by atoms with Gasteiger partial charge in [-0.1, -0.05) is 0 Å². The van der Waals surface area contributed by atoms with E-state index in [2.05, 4.69) is 30.9 Å². The van der Waals surface area contributed by atoms with Crippen LogP contribution in [-0.4, -0.2) is 46.1 Å². The fourth-order valence-corrected chi connectivity index (χ4v) is 4.88. The molecule has 0 radical (unpaired) electrons. The molecular weight excluding hydrogens is 413 g/mol. The van der Waals surface area contributed by atoms with E-state index in [-0.39, 0.29) is 5.75 Å². The van der Waals surface area contributed by atoms with Crippen molar-refractivity contribution >= 4 is 27.2 Å². The van der Waals surface area contributed by atoms with Crippen molar-refractivity contribution < 1.29 is 9.13 Å². The molecule has 1 aliphatic rings. The van der Waals surface area contributed by atoms with Crippen molar-refractivity contribution in [2.75, 3.05) is 32.0 Å². The van der Waals surface area contributed by atoms with Gasteiger partial charge >= 0.3 is 0 Å². The van der Waals surface area contributed by atoms with Crippen molar-refractivity contribution in [1.29, 1.82) is 0 Å². The molecular formula is C23H24FN5OS. The van der Waals surface area contributed by atoms with E-state index < -0.39 is 5.82 Å². The molecule has 4 heterocycles. The van der Waals surface area contributed by atoms with Crippen LogP contribution in [0.15, 0.2) is 49.1 Å². The maximum Gasteiger partial charge on any atom is 0.167 e. The quantitative estimate of drug-likeness (QED) is 0.429. The molecule has 5 rings (SSSR count). The van der Waals surface area contributed by atoms with Gasteiger partial charge in [0.2, 0.25) is 0 Å².